The number of hydrogen-bond acceptors (Lipinski definition) is 4. The summed E-state index contributed by atoms with van der Waals surface area (Å²) in [4.78, 5) is 10.8. The molecule has 0 heterocycles. The number of carbonyl (C=O) groups excluding carboxylic acids is 1. The van der Waals surface area contributed by atoms with Gasteiger partial charge in [0.15, 0.2) is 9.84 Å². The molecule has 2 N–H and O–H groups in total. The Balaban J connectivity index is 2.47. The number of benzene rings is 1. The van der Waals surface area contributed by atoms with Crippen molar-refractivity contribution in [3.05, 3.63) is 24.3 Å². The molecule has 0 unspecified atom stereocenters. The molecular weight excluding hydrogens is 252 g/mol. The molecule has 100 valence electrons. The van der Waals surface area contributed by atoms with Crippen LogP contribution in [-0.2, 0) is 14.6 Å². The van der Waals surface area contributed by atoms with Crippen LogP contribution in [0.3, 0.4) is 0 Å². The van der Waals surface area contributed by atoms with E-state index >= 15 is 0 Å². The molecule has 0 saturated carbocycles. The quantitative estimate of drug-likeness (QED) is 0.821. The molecule has 0 aliphatic heterocycles. The molecule has 1 aromatic rings. The summed E-state index contributed by atoms with van der Waals surface area (Å²) in [5, 5.41) is 5.68. The lowest BCUT2D eigenvalue weighted by Crippen LogP contribution is -2.17. The minimum Gasteiger partial charge on any atom is -0.384 e. The van der Waals surface area contributed by atoms with Gasteiger partial charge in [0.1, 0.15) is 0 Å². The summed E-state index contributed by atoms with van der Waals surface area (Å²) in [6.45, 7) is 3.47. The van der Waals surface area contributed by atoms with Crippen LogP contribution in [0, 0.1) is 0 Å². The first-order valence-electron chi connectivity index (χ1n) is 5.75. The summed E-state index contributed by atoms with van der Waals surface area (Å²) < 4.78 is 22.6. The zero-order valence-electron chi connectivity index (χ0n) is 10.6. The Morgan fingerprint density at radius 2 is 1.72 bits per heavy atom. The third-order valence-electron chi connectivity index (χ3n) is 2.39. The van der Waals surface area contributed by atoms with Crippen LogP contribution < -0.4 is 10.6 Å². The predicted octanol–water partition coefficient (Wildman–Crippen LogP) is 1.49. The Kier molecular flexibility index (Phi) is 5.15. The number of rotatable bonds is 6. The number of sulfone groups is 1. The average Bonchev–Trinajstić information content (AvgIpc) is 2.30. The van der Waals surface area contributed by atoms with E-state index in [1.165, 1.54) is 6.92 Å². The van der Waals surface area contributed by atoms with Crippen molar-refractivity contribution in [3.63, 3.8) is 0 Å². The molecule has 1 aromatic carbocycles. The van der Waals surface area contributed by atoms with Crippen LogP contribution in [0.15, 0.2) is 24.3 Å². The largest absolute Gasteiger partial charge is 0.384 e. The molecule has 0 saturated heterocycles. The Hall–Kier alpha value is -1.56. The van der Waals surface area contributed by atoms with Crippen molar-refractivity contribution in [3.8, 4) is 0 Å². The fourth-order valence-corrected chi connectivity index (χ4v) is 2.07. The van der Waals surface area contributed by atoms with Crippen LogP contribution in [0.25, 0.3) is 0 Å². The molecule has 6 heteroatoms. The normalized spacial score (nSPS) is 11.0. The van der Waals surface area contributed by atoms with Gasteiger partial charge in [-0.3, -0.25) is 4.79 Å². The first kappa shape index (κ1) is 14.5. The van der Waals surface area contributed by atoms with E-state index in [1.54, 1.807) is 31.2 Å². The molecule has 0 aliphatic rings. The number of amides is 1. The van der Waals surface area contributed by atoms with Crippen LogP contribution >= 0.6 is 0 Å². The lowest BCUT2D eigenvalue weighted by molar-refractivity contribution is -0.114. The highest BCUT2D eigenvalue weighted by Crippen LogP contribution is 2.13. The number of carbonyl (C=O) groups is 1. The van der Waals surface area contributed by atoms with Gasteiger partial charge in [0.25, 0.3) is 0 Å². The SMILES string of the molecule is CCS(=O)(=O)CCNc1ccc(NC(C)=O)cc1. The van der Waals surface area contributed by atoms with Crippen LogP contribution in [0.5, 0.6) is 0 Å². The highest BCUT2D eigenvalue weighted by molar-refractivity contribution is 7.91. The van der Waals surface area contributed by atoms with Crippen molar-refractivity contribution in [2.75, 3.05) is 28.7 Å². The van der Waals surface area contributed by atoms with Crippen molar-refractivity contribution in [1.82, 2.24) is 0 Å². The van der Waals surface area contributed by atoms with E-state index in [9.17, 15) is 13.2 Å². The molecule has 0 spiro atoms. The molecule has 0 bridgehead atoms. The van der Waals surface area contributed by atoms with Gasteiger partial charge in [-0.05, 0) is 24.3 Å². The standard InChI is InChI=1S/C12H18N2O3S/c1-3-18(16,17)9-8-13-11-4-6-12(7-5-11)14-10(2)15/h4-7,13H,3,8-9H2,1-2H3,(H,14,15). The van der Waals surface area contributed by atoms with Gasteiger partial charge in [-0.2, -0.15) is 0 Å². The van der Waals surface area contributed by atoms with Crippen LogP contribution in [0.2, 0.25) is 0 Å². The molecule has 5 nitrogen and oxygen atoms in total. The van der Waals surface area contributed by atoms with Gasteiger partial charge in [0, 0.05) is 30.6 Å². The highest BCUT2D eigenvalue weighted by Gasteiger charge is 2.06. The van der Waals surface area contributed by atoms with Gasteiger partial charge in [0.2, 0.25) is 5.91 Å². The number of nitrogens with one attached hydrogen (secondary N) is 2. The summed E-state index contributed by atoms with van der Waals surface area (Å²) in [6.07, 6.45) is 0. The molecule has 0 radical (unpaired) electrons. The van der Waals surface area contributed by atoms with Gasteiger partial charge < -0.3 is 10.6 Å². The molecular formula is C12H18N2O3S. The lowest BCUT2D eigenvalue weighted by Gasteiger charge is -2.07. The maximum Gasteiger partial charge on any atom is 0.221 e. The van der Waals surface area contributed by atoms with Gasteiger partial charge >= 0.3 is 0 Å². The van der Waals surface area contributed by atoms with E-state index in [1.807, 2.05) is 0 Å². The van der Waals surface area contributed by atoms with Crippen molar-refractivity contribution in [1.29, 1.82) is 0 Å². The highest BCUT2D eigenvalue weighted by atomic mass is 32.2. The summed E-state index contributed by atoms with van der Waals surface area (Å²) in [5.74, 6) is 0.164. The molecule has 1 rings (SSSR count). The van der Waals surface area contributed by atoms with Crippen LogP contribution in [0.1, 0.15) is 13.8 Å². The summed E-state index contributed by atoms with van der Waals surface area (Å²) >= 11 is 0. The zero-order chi connectivity index (χ0) is 13.6. The molecule has 0 aromatic heterocycles. The summed E-state index contributed by atoms with van der Waals surface area (Å²) in [6, 6.07) is 7.11. The Bertz CT molecular complexity index is 495. The van der Waals surface area contributed by atoms with Crippen LogP contribution in [-0.4, -0.2) is 32.4 Å². The van der Waals surface area contributed by atoms with E-state index in [0.717, 1.165) is 5.69 Å². The second-order valence-electron chi connectivity index (χ2n) is 3.92. The molecule has 18 heavy (non-hydrogen) atoms. The van der Waals surface area contributed by atoms with Crippen molar-refractivity contribution in [2.45, 2.75) is 13.8 Å². The van der Waals surface area contributed by atoms with Crippen molar-refractivity contribution < 1.29 is 13.2 Å². The first-order valence-corrected chi connectivity index (χ1v) is 7.57. The lowest BCUT2D eigenvalue weighted by atomic mass is 10.3. The monoisotopic (exact) mass is 270 g/mol. The maximum absolute atomic E-state index is 11.3. The second-order valence-corrected chi connectivity index (χ2v) is 6.39. The second kappa shape index (κ2) is 6.39. The minimum atomic E-state index is -2.93. The number of anilines is 2. The van der Waals surface area contributed by atoms with E-state index in [4.69, 9.17) is 0 Å². The van der Waals surface area contributed by atoms with E-state index < -0.39 is 9.84 Å². The van der Waals surface area contributed by atoms with E-state index in [0.29, 0.717) is 12.2 Å². The minimum absolute atomic E-state index is 0.121. The van der Waals surface area contributed by atoms with Gasteiger partial charge in [-0.1, -0.05) is 6.92 Å². The van der Waals surface area contributed by atoms with Crippen molar-refractivity contribution >= 4 is 27.1 Å². The number of hydrogen-bond donors (Lipinski definition) is 2. The molecule has 0 atom stereocenters. The molecule has 0 aliphatic carbocycles. The maximum atomic E-state index is 11.3. The third kappa shape index (κ3) is 5.18. The van der Waals surface area contributed by atoms with Crippen molar-refractivity contribution in [2.24, 2.45) is 0 Å². The van der Waals surface area contributed by atoms with Gasteiger partial charge in [-0.25, -0.2) is 8.42 Å². The predicted molar refractivity (Wildman–Crippen MR) is 73.6 cm³/mol. The van der Waals surface area contributed by atoms with E-state index in [-0.39, 0.29) is 17.4 Å². The molecule has 0 fully saturated rings. The first-order chi connectivity index (χ1) is 8.43. The van der Waals surface area contributed by atoms with Gasteiger partial charge in [0.05, 0.1) is 5.75 Å². The van der Waals surface area contributed by atoms with E-state index in [2.05, 4.69) is 10.6 Å². The summed E-state index contributed by atoms with van der Waals surface area (Å²) in [5.41, 5.74) is 1.55. The molecule has 1 amide bonds. The summed E-state index contributed by atoms with van der Waals surface area (Å²) in [7, 11) is -2.93. The van der Waals surface area contributed by atoms with Crippen LogP contribution in [0.4, 0.5) is 11.4 Å². The topological polar surface area (TPSA) is 75.3 Å². The third-order valence-corrected chi connectivity index (χ3v) is 4.09. The Labute approximate surface area is 108 Å². The Morgan fingerprint density at radius 3 is 2.22 bits per heavy atom. The average molecular weight is 270 g/mol. The fraction of sp³-hybridized carbons (Fsp3) is 0.417. The smallest absolute Gasteiger partial charge is 0.221 e. The zero-order valence-corrected chi connectivity index (χ0v) is 11.4. The fourth-order valence-electron chi connectivity index (χ4n) is 1.37. The Morgan fingerprint density at radius 1 is 1.17 bits per heavy atom. The van der Waals surface area contributed by atoms with Gasteiger partial charge in [-0.15, -0.1) is 0 Å².